The molecule has 1 aliphatic rings. The van der Waals surface area contributed by atoms with Crippen LogP contribution in [0.4, 0.5) is 5.69 Å². The smallest absolute Gasteiger partial charge is 0.242 e. The lowest BCUT2D eigenvalue weighted by molar-refractivity contribution is -0.120. The number of hydrogen-bond donors (Lipinski definition) is 1. The topological polar surface area (TPSA) is 69.7 Å². The molecule has 0 bridgehead atoms. The number of hydrogen-bond acceptors (Lipinski definition) is 4. The second-order valence-electron chi connectivity index (χ2n) is 6.54. The van der Waals surface area contributed by atoms with Gasteiger partial charge in [0.2, 0.25) is 15.9 Å². The second-order valence-corrected chi connectivity index (χ2v) is 8.47. The van der Waals surface area contributed by atoms with E-state index >= 15 is 0 Å². The fourth-order valence-electron chi connectivity index (χ4n) is 3.24. The van der Waals surface area contributed by atoms with Gasteiger partial charge in [0.05, 0.1) is 6.26 Å². The molecule has 0 saturated carbocycles. The Labute approximate surface area is 151 Å². The molecule has 1 amide bonds. The highest BCUT2D eigenvalue weighted by atomic mass is 32.2. The third-order valence-corrected chi connectivity index (χ3v) is 5.97. The maximum Gasteiger partial charge on any atom is 0.242 e. The van der Waals surface area contributed by atoms with Gasteiger partial charge in [-0.25, -0.2) is 8.42 Å². The van der Waals surface area contributed by atoms with E-state index in [9.17, 15) is 13.2 Å². The molecule has 0 spiro atoms. The van der Waals surface area contributed by atoms with Crippen LogP contribution in [-0.2, 0) is 21.4 Å². The Hall–Kier alpha value is -1.44. The van der Waals surface area contributed by atoms with Gasteiger partial charge < -0.3 is 5.32 Å². The zero-order valence-electron chi connectivity index (χ0n) is 15.4. The number of benzene rings is 1. The molecule has 1 fully saturated rings. The zero-order chi connectivity index (χ0) is 18.4. The van der Waals surface area contributed by atoms with E-state index in [1.807, 2.05) is 24.3 Å². The van der Waals surface area contributed by atoms with Crippen LogP contribution >= 0.6 is 0 Å². The number of carbonyl (C=O) groups excluding carboxylic acids is 1. The summed E-state index contributed by atoms with van der Waals surface area (Å²) >= 11 is 0. The van der Waals surface area contributed by atoms with Crippen LogP contribution in [0.25, 0.3) is 0 Å². The van der Waals surface area contributed by atoms with Gasteiger partial charge in [-0.15, -0.1) is 0 Å². The van der Waals surface area contributed by atoms with E-state index in [1.54, 1.807) is 0 Å². The first kappa shape index (κ1) is 19.9. The van der Waals surface area contributed by atoms with Crippen LogP contribution in [0.5, 0.6) is 0 Å². The van der Waals surface area contributed by atoms with Crippen molar-refractivity contribution in [2.45, 2.75) is 45.7 Å². The van der Waals surface area contributed by atoms with Crippen molar-refractivity contribution >= 4 is 21.6 Å². The molecule has 0 radical (unpaired) electrons. The summed E-state index contributed by atoms with van der Waals surface area (Å²) in [5.41, 5.74) is 1.85. The Kier molecular flexibility index (Phi) is 6.98. The van der Waals surface area contributed by atoms with Gasteiger partial charge in [-0.05, 0) is 43.6 Å². The molecule has 1 heterocycles. The van der Waals surface area contributed by atoms with Crippen LogP contribution in [0.3, 0.4) is 0 Å². The predicted molar refractivity (Wildman–Crippen MR) is 101 cm³/mol. The SMILES string of the molecule is CCN(CC)Cc1cccc(NC(=O)[C@H]2CCCCN2S(C)(=O)=O)c1. The first-order valence-corrected chi connectivity index (χ1v) is 10.8. The number of sulfonamides is 1. The minimum absolute atomic E-state index is 0.245. The Morgan fingerprint density at radius 1 is 1.28 bits per heavy atom. The summed E-state index contributed by atoms with van der Waals surface area (Å²) in [6.07, 6.45) is 3.41. The van der Waals surface area contributed by atoms with Gasteiger partial charge in [0.25, 0.3) is 0 Å². The lowest BCUT2D eigenvalue weighted by atomic mass is 10.0. The second kappa shape index (κ2) is 8.78. The minimum Gasteiger partial charge on any atom is -0.325 e. The highest BCUT2D eigenvalue weighted by Gasteiger charge is 2.34. The van der Waals surface area contributed by atoms with Crippen LogP contribution < -0.4 is 5.32 Å². The molecule has 1 aromatic rings. The van der Waals surface area contributed by atoms with Gasteiger partial charge in [0, 0.05) is 18.8 Å². The van der Waals surface area contributed by atoms with Gasteiger partial charge >= 0.3 is 0 Å². The van der Waals surface area contributed by atoms with E-state index in [4.69, 9.17) is 0 Å². The summed E-state index contributed by atoms with van der Waals surface area (Å²) in [5, 5.41) is 2.90. The number of anilines is 1. The van der Waals surface area contributed by atoms with Gasteiger partial charge in [-0.2, -0.15) is 4.31 Å². The first-order chi connectivity index (χ1) is 11.8. The summed E-state index contributed by atoms with van der Waals surface area (Å²) in [6, 6.07) is 7.15. The Bertz CT molecular complexity index is 687. The summed E-state index contributed by atoms with van der Waals surface area (Å²) in [7, 11) is -3.38. The largest absolute Gasteiger partial charge is 0.325 e. The molecule has 0 aromatic heterocycles. The molecule has 7 heteroatoms. The summed E-state index contributed by atoms with van der Waals surface area (Å²) < 4.78 is 25.2. The van der Waals surface area contributed by atoms with Gasteiger partial charge in [0.1, 0.15) is 6.04 Å². The highest BCUT2D eigenvalue weighted by Crippen LogP contribution is 2.22. The van der Waals surface area contributed by atoms with E-state index in [0.29, 0.717) is 18.7 Å². The number of carbonyl (C=O) groups is 1. The minimum atomic E-state index is -3.38. The average Bonchev–Trinajstić information content (AvgIpc) is 2.59. The maximum absolute atomic E-state index is 12.6. The van der Waals surface area contributed by atoms with Crippen LogP contribution in [0.2, 0.25) is 0 Å². The van der Waals surface area contributed by atoms with Crippen molar-refractivity contribution in [1.29, 1.82) is 0 Å². The lowest BCUT2D eigenvalue weighted by Crippen LogP contribution is -2.49. The monoisotopic (exact) mass is 367 g/mol. The Morgan fingerprint density at radius 2 is 2.00 bits per heavy atom. The molecule has 1 atom stereocenters. The van der Waals surface area contributed by atoms with Crippen LogP contribution in [0, 0.1) is 0 Å². The third kappa shape index (κ3) is 5.52. The average molecular weight is 368 g/mol. The van der Waals surface area contributed by atoms with Crippen LogP contribution in [-0.4, -0.2) is 55.5 Å². The maximum atomic E-state index is 12.6. The molecule has 0 aliphatic carbocycles. The standard InChI is InChI=1S/C18H29N3O3S/c1-4-20(5-2)14-15-9-8-10-16(13-15)19-18(22)17-11-6-7-12-21(17)25(3,23)24/h8-10,13,17H,4-7,11-12,14H2,1-3H3,(H,19,22)/t17-/m1/s1. The van der Waals surface area contributed by atoms with Crippen molar-refractivity contribution in [3.63, 3.8) is 0 Å². The molecule has 1 aromatic carbocycles. The van der Waals surface area contributed by atoms with E-state index in [-0.39, 0.29) is 5.91 Å². The normalized spacial score (nSPS) is 19.1. The van der Waals surface area contributed by atoms with Gasteiger partial charge in [-0.3, -0.25) is 9.69 Å². The summed E-state index contributed by atoms with van der Waals surface area (Å²) in [4.78, 5) is 14.9. The van der Waals surface area contributed by atoms with E-state index in [2.05, 4.69) is 24.1 Å². The number of piperidine rings is 1. The predicted octanol–water partition coefficient (Wildman–Crippen LogP) is 2.28. The molecular formula is C18H29N3O3S. The number of nitrogens with one attached hydrogen (secondary N) is 1. The zero-order valence-corrected chi connectivity index (χ0v) is 16.2. The van der Waals surface area contributed by atoms with E-state index < -0.39 is 16.1 Å². The quantitative estimate of drug-likeness (QED) is 0.803. The summed E-state index contributed by atoms with van der Waals surface area (Å²) in [6.45, 7) is 7.43. The summed E-state index contributed by atoms with van der Waals surface area (Å²) in [5.74, 6) is -0.245. The molecule has 2 rings (SSSR count). The van der Waals surface area contributed by atoms with Crippen LogP contribution in [0.15, 0.2) is 24.3 Å². The van der Waals surface area contributed by atoms with Gasteiger partial charge in [-0.1, -0.05) is 32.4 Å². The van der Waals surface area contributed by atoms with Crippen molar-refractivity contribution in [2.75, 3.05) is 31.2 Å². The molecule has 6 nitrogen and oxygen atoms in total. The molecule has 25 heavy (non-hydrogen) atoms. The highest BCUT2D eigenvalue weighted by molar-refractivity contribution is 7.88. The number of nitrogens with zero attached hydrogens (tertiary/aromatic N) is 2. The van der Waals surface area contributed by atoms with Crippen molar-refractivity contribution < 1.29 is 13.2 Å². The molecular weight excluding hydrogens is 338 g/mol. The van der Waals surface area contributed by atoms with E-state index in [0.717, 1.165) is 38.0 Å². The van der Waals surface area contributed by atoms with Crippen molar-refractivity contribution in [2.24, 2.45) is 0 Å². The molecule has 140 valence electrons. The molecule has 1 saturated heterocycles. The molecule has 1 aliphatic heterocycles. The first-order valence-electron chi connectivity index (χ1n) is 8.94. The third-order valence-electron chi connectivity index (χ3n) is 4.68. The fourth-order valence-corrected chi connectivity index (χ4v) is 4.37. The van der Waals surface area contributed by atoms with Gasteiger partial charge in [0.15, 0.2) is 0 Å². The van der Waals surface area contributed by atoms with Crippen molar-refractivity contribution in [1.82, 2.24) is 9.21 Å². The van der Waals surface area contributed by atoms with E-state index in [1.165, 1.54) is 10.6 Å². The number of rotatable bonds is 7. The lowest BCUT2D eigenvalue weighted by Gasteiger charge is -2.32. The Balaban J connectivity index is 2.09. The molecule has 1 N–H and O–H groups in total. The number of amides is 1. The van der Waals surface area contributed by atoms with Crippen molar-refractivity contribution in [3.05, 3.63) is 29.8 Å². The fraction of sp³-hybridized carbons (Fsp3) is 0.611. The Morgan fingerprint density at radius 3 is 2.64 bits per heavy atom. The van der Waals surface area contributed by atoms with Crippen molar-refractivity contribution in [3.8, 4) is 0 Å². The van der Waals surface area contributed by atoms with Crippen LogP contribution in [0.1, 0.15) is 38.7 Å². The molecule has 0 unspecified atom stereocenters.